The Hall–Kier alpha value is -2.69. The van der Waals surface area contributed by atoms with Crippen molar-refractivity contribution in [2.45, 2.75) is 6.54 Å². The van der Waals surface area contributed by atoms with Crippen LogP contribution in [0.3, 0.4) is 0 Å². The number of nitrogens with zero attached hydrogens (tertiary/aromatic N) is 1. The number of fused-ring (bicyclic) bond motifs is 1. The van der Waals surface area contributed by atoms with Crippen LogP contribution in [-0.4, -0.2) is 18.0 Å². The zero-order chi connectivity index (χ0) is 13.9. The Bertz CT molecular complexity index is 627. The molecule has 0 bridgehead atoms. The third-order valence-electron chi connectivity index (χ3n) is 3.08. The highest BCUT2D eigenvalue weighted by atomic mass is 16.7. The van der Waals surface area contributed by atoms with Gasteiger partial charge in [-0.1, -0.05) is 24.3 Å². The van der Waals surface area contributed by atoms with Crippen molar-refractivity contribution in [2.24, 2.45) is 0 Å². The van der Waals surface area contributed by atoms with Crippen LogP contribution in [0, 0.1) is 0 Å². The van der Waals surface area contributed by atoms with Crippen molar-refractivity contribution in [2.75, 3.05) is 11.7 Å². The Labute approximate surface area is 116 Å². The van der Waals surface area contributed by atoms with Crippen LogP contribution in [0.4, 0.5) is 10.5 Å². The molecule has 0 spiro atoms. The molecular formula is C15H13NO4. The van der Waals surface area contributed by atoms with Gasteiger partial charge in [0.1, 0.15) is 0 Å². The molecule has 0 radical (unpaired) electrons. The van der Waals surface area contributed by atoms with Crippen LogP contribution in [0.25, 0.3) is 0 Å². The van der Waals surface area contributed by atoms with Gasteiger partial charge >= 0.3 is 6.09 Å². The monoisotopic (exact) mass is 271 g/mol. The second-order valence-electron chi connectivity index (χ2n) is 4.39. The number of carboxylic acid groups (broad SMARTS) is 1. The number of rotatable bonds is 3. The number of amides is 1. The van der Waals surface area contributed by atoms with Crippen LogP contribution in [0.1, 0.15) is 5.56 Å². The highest BCUT2D eigenvalue weighted by Crippen LogP contribution is 2.33. The lowest BCUT2D eigenvalue weighted by Crippen LogP contribution is -2.28. The van der Waals surface area contributed by atoms with E-state index in [1.807, 2.05) is 24.3 Å². The summed E-state index contributed by atoms with van der Waals surface area (Å²) in [7, 11) is 0. The van der Waals surface area contributed by atoms with E-state index < -0.39 is 6.09 Å². The van der Waals surface area contributed by atoms with Crippen LogP contribution in [0.15, 0.2) is 48.5 Å². The van der Waals surface area contributed by atoms with Crippen molar-refractivity contribution in [1.29, 1.82) is 0 Å². The zero-order valence-electron chi connectivity index (χ0n) is 10.7. The summed E-state index contributed by atoms with van der Waals surface area (Å²) in [4.78, 5) is 12.7. The molecule has 1 aliphatic heterocycles. The Morgan fingerprint density at radius 1 is 1.10 bits per heavy atom. The maximum absolute atomic E-state index is 11.4. The van der Waals surface area contributed by atoms with Crippen molar-refractivity contribution in [3.8, 4) is 11.5 Å². The van der Waals surface area contributed by atoms with Crippen LogP contribution in [0.2, 0.25) is 0 Å². The van der Waals surface area contributed by atoms with Crippen molar-refractivity contribution < 1.29 is 19.4 Å². The fraction of sp³-hybridized carbons (Fsp3) is 0.133. The minimum Gasteiger partial charge on any atom is -0.465 e. The Morgan fingerprint density at radius 2 is 1.85 bits per heavy atom. The van der Waals surface area contributed by atoms with E-state index in [-0.39, 0.29) is 13.3 Å². The molecule has 0 aromatic heterocycles. The summed E-state index contributed by atoms with van der Waals surface area (Å²) in [5.41, 5.74) is 1.48. The first-order valence-corrected chi connectivity index (χ1v) is 6.18. The molecule has 1 amide bonds. The van der Waals surface area contributed by atoms with E-state index in [0.29, 0.717) is 17.2 Å². The minimum absolute atomic E-state index is 0.208. The molecule has 0 atom stereocenters. The molecule has 0 unspecified atom stereocenters. The molecule has 1 heterocycles. The van der Waals surface area contributed by atoms with Gasteiger partial charge in [0, 0.05) is 5.69 Å². The maximum atomic E-state index is 11.4. The number of para-hydroxylation sites is 1. The predicted octanol–water partition coefficient (Wildman–Crippen LogP) is 3.10. The third-order valence-corrected chi connectivity index (χ3v) is 3.08. The number of anilines is 1. The van der Waals surface area contributed by atoms with E-state index in [1.165, 1.54) is 4.90 Å². The topological polar surface area (TPSA) is 59.0 Å². The molecule has 5 nitrogen and oxygen atoms in total. The first-order valence-electron chi connectivity index (χ1n) is 6.18. The molecule has 1 aliphatic rings. The van der Waals surface area contributed by atoms with E-state index in [9.17, 15) is 9.90 Å². The van der Waals surface area contributed by atoms with Gasteiger partial charge in [0.15, 0.2) is 11.5 Å². The molecule has 1 N–H and O–H groups in total. The number of benzene rings is 2. The predicted molar refractivity (Wildman–Crippen MR) is 73.2 cm³/mol. The maximum Gasteiger partial charge on any atom is 0.412 e. The zero-order valence-corrected chi connectivity index (χ0v) is 10.7. The summed E-state index contributed by atoms with van der Waals surface area (Å²) in [6.07, 6.45) is -0.992. The lowest BCUT2D eigenvalue weighted by atomic mass is 10.2. The van der Waals surface area contributed by atoms with Crippen molar-refractivity contribution in [3.05, 3.63) is 54.1 Å². The lowest BCUT2D eigenvalue weighted by molar-refractivity contribution is 0.174. The van der Waals surface area contributed by atoms with Crippen LogP contribution in [-0.2, 0) is 6.54 Å². The van der Waals surface area contributed by atoms with Crippen molar-refractivity contribution >= 4 is 11.8 Å². The smallest absolute Gasteiger partial charge is 0.412 e. The normalized spacial score (nSPS) is 12.2. The summed E-state index contributed by atoms with van der Waals surface area (Å²) in [6.45, 7) is 0.468. The SMILES string of the molecule is O=C(O)N(Cc1ccc2c(c1)OCO2)c1ccccc1. The summed E-state index contributed by atoms with van der Waals surface area (Å²) in [6, 6.07) is 14.4. The summed E-state index contributed by atoms with van der Waals surface area (Å²) < 4.78 is 10.5. The van der Waals surface area contributed by atoms with Gasteiger partial charge in [0.2, 0.25) is 6.79 Å². The molecule has 0 fully saturated rings. The first-order chi connectivity index (χ1) is 9.74. The molecule has 0 aliphatic carbocycles. The van der Waals surface area contributed by atoms with Crippen LogP contribution < -0.4 is 14.4 Å². The highest BCUT2D eigenvalue weighted by molar-refractivity contribution is 5.85. The van der Waals surface area contributed by atoms with Gasteiger partial charge in [-0.25, -0.2) is 4.79 Å². The Morgan fingerprint density at radius 3 is 2.60 bits per heavy atom. The van der Waals surface area contributed by atoms with E-state index in [1.54, 1.807) is 24.3 Å². The minimum atomic E-state index is -0.992. The van der Waals surface area contributed by atoms with Gasteiger partial charge in [-0.05, 0) is 29.8 Å². The van der Waals surface area contributed by atoms with E-state index in [4.69, 9.17) is 9.47 Å². The summed E-state index contributed by atoms with van der Waals surface area (Å²) in [5, 5.41) is 9.35. The molecular weight excluding hydrogens is 258 g/mol. The van der Waals surface area contributed by atoms with Gasteiger partial charge in [-0.2, -0.15) is 0 Å². The third kappa shape index (κ3) is 2.38. The number of carbonyl (C=O) groups is 1. The highest BCUT2D eigenvalue weighted by Gasteiger charge is 2.18. The quantitative estimate of drug-likeness (QED) is 0.931. The van der Waals surface area contributed by atoms with Crippen molar-refractivity contribution in [3.63, 3.8) is 0 Å². The standard InChI is InChI=1S/C15H13NO4/c17-15(18)16(12-4-2-1-3-5-12)9-11-6-7-13-14(8-11)20-10-19-13/h1-8H,9-10H2,(H,17,18). The van der Waals surface area contributed by atoms with Gasteiger partial charge in [-0.15, -0.1) is 0 Å². The molecule has 102 valence electrons. The second kappa shape index (κ2) is 5.13. The van der Waals surface area contributed by atoms with Crippen LogP contribution >= 0.6 is 0 Å². The van der Waals surface area contributed by atoms with Crippen molar-refractivity contribution in [1.82, 2.24) is 0 Å². The van der Waals surface area contributed by atoms with Gasteiger partial charge < -0.3 is 14.6 Å². The molecule has 20 heavy (non-hydrogen) atoms. The molecule has 0 saturated carbocycles. The number of hydrogen-bond donors (Lipinski definition) is 1. The average molecular weight is 271 g/mol. The molecule has 0 saturated heterocycles. The summed E-state index contributed by atoms with van der Waals surface area (Å²) in [5.74, 6) is 1.34. The van der Waals surface area contributed by atoms with Gasteiger partial charge in [-0.3, -0.25) is 4.90 Å². The molecule has 2 aromatic rings. The molecule has 3 rings (SSSR count). The summed E-state index contributed by atoms with van der Waals surface area (Å²) >= 11 is 0. The Kier molecular flexibility index (Phi) is 3.16. The second-order valence-corrected chi connectivity index (χ2v) is 4.39. The first kappa shape index (κ1) is 12.3. The van der Waals surface area contributed by atoms with Gasteiger partial charge in [0.25, 0.3) is 0 Å². The Balaban J connectivity index is 1.86. The fourth-order valence-corrected chi connectivity index (χ4v) is 2.10. The lowest BCUT2D eigenvalue weighted by Gasteiger charge is -2.19. The molecule has 2 aromatic carbocycles. The van der Waals surface area contributed by atoms with E-state index in [2.05, 4.69) is 0 Å². The van der Waals surface area contributed by atoms with E-state index in [0.717, 1.165) is 5.56 Å². The number of ether oxygens (including phenoxy) is 2. The van der Waals surface area contributed by atoms with Crippen LogP contribution in [0.5, 0.6) is 11.5 Å². The molecule has 5 heteroatoms. The fourth-order valence-electron chi connectivity index (χ4n) is 2.10. The van der Waals surface area contributed by atoms with Gasteiger partial charge in [0.05, 0.1) is 6.54 Å². The largest absolute Gasteiger partial charge is 0.465 e. The number of hydrogen-bond acceptors (Lipinski definition) is 3. The average Bonchev–Trinajstić information content (AvgIpc) is 2.93. The van der Waals surface area contributed by atoms with E-state index >= 15 is 0 Å².